The highest BCUT2D eigenvalue weighted by Gasteiger charge is 2.47. The SMILES string of the molecule is CC(C)(C)OC(=O)[C@@]1(C)COc2c1cc(Cl)nc2-c1ccc(F)cc1. The Bertz CT molecular complexity index is 830. The molecule has 0 saturated heterocycles. The van der Waals surface area contributed by atoms with Crippen molar-refractivity contribution in [2.75, 3.05) is 6.61 Å². The minimum absolute atomic E-state index is 0.132. The number of nitrogens with zero attached hydrogens (tertiary/aromatic N) is 1. The van der Waals surface area contributed by atoms with Gasteiger partial charge in [-0.05, 0) is 58.0 Å². The summed E-state index contributed by atoms with van der Waals surface area (Å²) in [6.45, 7) is 7.34. The molecule has 4 nitrogen and oxygen atoms in total. The second-order valence-corrected chi connectivity index (χ2v) is 7.69. The number of carbonyl (C=O) groups is 1. The molecule has 0 bridgehead atoms. The number of esters is 1. The number of pyridine rings is 1. The van der Waals surface area contributed by atoms with Crippen LogP contribution in [0.15, 0.2) is 30.3 Å². The lowest BCUT2D eigenvalue weighted by Gasteiger charge is -2.27. The van der Waals surface area contributed by atoms with Crippen LogP contribution in [-0.2, 0) is 14.9 Å². The molecule has 1 aromatic heterocycles. The Morgan fingerprint density at radius 2 is 1.96 bits per heavy atom. The molecule has 2 aromatic rings. The standard InChI is InChI=1S/C19H19ClFNO3/c1-18(2,3)25-17(23)19(4)10-24-16-13(19)9-14(20)22-15(16)11-5-7-12(21)8-6-11/h5-9H,10H2,1-4H3/t19-/m0/s1. The Balaban J connectivity index is 2.09. The second-order valence-electron chi connectivity index (χ2n) is 7.30. The van der Waals surface area contributed by atoms with Gasteiger partial charge in [-0.1, -0.05) is 11.6 Å². The van der Waals surface area contributed by atoms with Crippen LogP contribution in [-0.4, -0.2) is 23.2 Å². The molecule has 0 aliphatic carbocycles. The third-order valence-corrected chi connectivity index (χ3v) is 4.20. The molecule has 3 rings (SSSR count). The quantitative estimate of drug-likeness (QED) is 0.581. The van der Waals surface area contributed by atoms with Crippen LogP contribution >= 0.6 is 11.6 Å². The van der Waals surface area contributed by atoms with Gasteiger partial charge in [0.1, 0.15) is 40.0 Å². The van der Waals surface area contributed by atoms with Crippen LogP contribution in [0.3, 0.4) is 0 Å². The third kappa shape index (κ3) is 3.33. The monoisotopic (exact) mass is 363 g/mol. The summed E-state index contributed by atoms with van der Waals surface area (Å²) >= 11 is 6.18. The van der Waals surface area contributed by atoms with Crippen LogP contribution in [0.25, 0.3) is 11.3 Å². The first-order valence-corrected chi connectivity index (χ1v) is 8.31. The Hall–Kier alpha value is -2.14. The first kappa shape index (κ1) is 17.7. The molecule has 25 heavy (non-hydrogen) atoms. The van der Waals surface area contributed by atoms with E-state index in [-0.39, 0.29) is 23.5 Å². The highest BCUT2D eigenvalue weighted by Crippen LogP contribution is 2.46. The molecule has 0 unspecified atom stereocenters. The van der Waals surface area contributed by atoms with Crippen molar-refractivity contribution in [1.29, 1.82) is 0 Å². The lowest BCUT2D eigenvalue weighted by atomic mass is 9.84. The van der Waals surface area contributed by atoms with Gasteiger partial charge in [-0.3, -0.25) is 4.79 Å². The Kier molecular flexibility index (Phi) is 4.23. The average Bonchev–Trinajstić information content (AvgIpc) is 2.84. The van der Waals surface area contributed by atoms with Gasteiger partial charge in [0.15, 0.2) is 0 Å². The minimum Gasteiger partial charge on any atom is -0.489 e. The van der Waals surface area contributed by atoms with E-state index in [1.807, 2.05) is 20.8 Å². The van der Waals surface area contributed by atoms with Gasteiger partial charge in [0.25, 0.3) is 0 Å². The lowest BCUT2D eigenvalue weighted by Crippen LogP contribution is -2.40. The van der Waals surface area contributed by atoms with Gasteiger partial charge in [-0.15, -0.1) is 0 Å². The number of fused-ring (bicyclic) bond motifs is 1. The summed E-state index contributed by atoms with van der Waals surface area (Å²) < 4.78 is 24.6. The van der Waals surface area contributed by atoms with Crippen molar-refractivity contribution in [3.63, 3.8) is 0 Å². The fourth-order valence-corrected chi connectivity index (χ4v) is 2.91. The number of aromatic nitrogens is 1. The van der Waals surface area contributed by atoms with Crippen molar-refractivity contribution in [1.82, 2.24) is 4.98 Å². The van der Waals surface area contributed by atoms with E-state index < -0.39 is 11.0 Å². The molecule has 0 N–H and O–H groups in total. The molecular weight excluding hydrogens is 345 g/mol. The molecule has 1 aromatic carbocycles. The van der Waals surface area contributed by atoms with Gasteiger partial charge in [0.05, 0.1) is 0 Å². The number of ether oxygens (including phenoxy) is 2. The van der Waals surface area contributed by atoms with E-state index in [9.17, 15) is 9.18 Å². The molecule has 2 heterocycles. The van der Waals surface area contributed by atoms with Crippen molar-refractivity contribution in [2.45, 2.75) is 38.7 Å². The van der Waals surface area contributed by atoms with Crippen molar-refractivity contribution in [3.8, 4) is 17.0 Å². The predicted molar refractivity (Wildman–Crippen MR) is 93.3 cm³/mol. The van der Waals surface area contributed by atoms with Crippen LogP contribution in [0.4, 0.5) is 4.39 Å². The zero-order valence-corrected chi connectivity index (χ0v) is 15.3. The van der Waals surface area contributed by atoms with E-state index in [0.29, 0.717) is 22.6 Å². The van der Waals surface area contributed by atoms with Gasteiger partial charge in [0, 0.05) is 11.1 Å². The molecule has 1 atom stereocenters. The zero-order chi connectivity index (χ0) is 18.4. The maximum absolute atomic E-state index is 13.2. The average molecular weight is 364 g/mol. The Labute approximate surface area is 150 Å². The normalized spacial score (nSPS) is 19.3. The van der Waals surface area contributed by atoms with Crippen LogP contribution in [0, 0.1) is 5.82 Å². The number of hydrogen-bond donors (Lipinski definition) is 0. The Morgan fingerprint density at radius 1 is 1.32 bits per heavy atom. The second kappa shape index (κ2) is 5.99. The van der Waals surface area contributed by atoms with E-state index >= 15 is 0 Å². The van der Waals surface area contributed by atoms with Crippen molar-refractivity contribution in [2.24, 2.45) is 0 Å². The maximum atomic E-state index is 13.2. The van der Waals surface area contributed by atoms with E-state index in [1.165, 1.54) is 12.1 Å². The molecule has 6 heteroatoms. The fraction of sp³-hybridized carbons (Fsp3) is 0.368. The molecule has 1 aliphatic heterocycles. The molecule has 1 aliphatic rings. The summed E-state index contributed by atoms with van der Waals surface area (Å²) in [4.78, 5) is 17.0. The Morgan fingerprint density at radius 3 is 2.56 bits per heavy atom. The first-order chi connectivity index (χ1) is 11.6. The summed E-state index contributed by atoms with van der Waals surface area (Å²) in [6, 6.07) is 7.50. The van der Waals surface area contributed by atoms with Crippen LogP contribution in [0.2, 0.25) is 5.15 Å². The van der Waals surface area contributed by atoms with Gasteiger partial charge in [-0.25, -0.2) is 9.37 Å². The maximum Gasteiger partial charge on any atom is 0.320 e. The van der Waals surface area contributed by atoms with Crippen molar-refractivity contribution >= 4 is 17.6 Å². The van der Waals surface area contributed by atoms with Crippen LogP contribution in [0.5, 0.6) is 5.75 Å². The van der Waals surface area contributed by atoms with Crippen molar-refractivity contribution in [3.05, 3.63) is 46.9 Å². The minimum atomic E-state index is -0.982. The van der Waals surface area contributed by atoms with Gasteiger partial charge in [0.2, 0.25) is 0 Å². The summed E-state index contributed by atoms with van der Waals surface area (Å²) in [5.41, 5.74) is 0.174. The smallest absolute Gasteiger partial charge is 0.320 e. The first-order valence-electron chi connectivity index (χ1n) is 7.93. The number of hydrogen-bond acceptors (Lipinski definition) is 4. The lowest BCUT2D eigenvalue weighted by molar-refractivity contribution is -0.161. The van der Waals surface area contributed by atoms with Gasteiger partial charge >= 0.3 is 5.97 Å². The third-order valence-electron chi connectivity index (χ3n) is 4.01. The summed E-state index contributed by atoms with van der Waals surface area (Å²) in [5.74, 6) is -0.252. The van der Waals surface area contributed by atoms with Crippen molar-refractivity contribution < 1.29 is 18.7 Å². The highest BCUT2D eigenvalue weighted by molar-refractivity contribution is 6.29. The number of benzene rings is 1. The zero-order valence-electron chi connectivity index (χ0n) is 14.5. The van der Waals surface area contributed by atoms with E-state index in [1.54, 1.807) is 25.1 Å². The molecule has 0 saturated carbocycles. The number of halogens is 2. The topological polar surface area (TPSA) is 48.4 Å². The van der Waals surface area contributed by atoms with E-state index in [4.69, 9.17) is 21.1 Å². The van der Waals surface area contributed by atoms with Crippen LogP contribution < -0.4 is 4.74 Å². The van der Waals surface area contributed by atoms with E-state index in [2.05, 4.69) is 4.98 Å². The molecular formula is C19H19ClFNO3. The molecule has 0 amide bonds. The van der Waals surface area contributed by atoms with Gasteiger partial charge < -0.3 is 9.47 Å². The molecule has 0 fully saturated rings. The van der Waals surface area contributed by atoms with Crippen LogP contribution in [0.1, 0.15) is 33.3 Å². The number of rotatable bonds is 2. The summed E-state index contributed by atoms with van der Waals surface area (Å²) in [6.07, 6.45) is 0. The summed E-state index contributed by atoms with van der Waals surface area (Å²) in [5, 5.41) is 0.235. The molecule has 132 valence electrons. The largest absolute Gasteiger partial charge is 0.489 e. The summed E-state index contributed by atoms with van der Waals surface area (Å²) in [7, 11) is 0. The van der Waals surface area contributed by atoms with Gasteiger partial charge in [-0.2, -0.15) is 0 Å². The predicted octanol–water partition coefficient (Wildman–Crippen LogP) is 4.53. The molecule has 0 radical (unpaired) electrons. The fourth-order valence-electron chi connectivity index (χ4n) is 2.72. The number of carbonyl (C=O) groups excluding carboxylic acids is 1. The highest BCUT2D eigenvalue weighted by atomic mass is 35.5. The van der Waals surface area contributed by atoms with E-state index in [0.717, 1.165) is 0 Å². The molecule has 0 spiro atoms.